The Morgan fingerprint density at radius 2 is 1.25 bits per heavy atom. The molecule has 4 heteroatoms. The molecular formula is C12H18O4. The van der Waals surface area contributed by atoms with E-state index in [0.29, 0.717) is 0 Å². The molecule has 0 saturated heterocycles. The standard InChI is InChI=1S/C12H18O4/c1-11(13)15-9-7-5-3-4-6-8-10-16-12(2)14/h7-10H,3-6H2,1-2H3/b9-7-,10-8-. The summed E-state index contributed by atoms with van der Waals surface area (Å²) in [5, 5.41) is 0. The lowest BCUT2D eigenvalue weighted by atomic mass is 10.2. The first-order valence-corrected chi connectivity index (χ1v) is 5.27. The molecule has 0 spiro atoms. The normalized spacial score (nSPS) is 10.9. The van der Waals surface area contributed by atoms with Gasteiger partial charge in [0.2, 0.25) is 0 Å². The second-order valence-electron chi connectivity index (χ2n) is 3.25. The smallest absolute Gasteiger partial charge is 0.307 e. The van der Waals surface area contributed by atoms with Gasteiger partial charge in [-0.1, -0.05) is 0 Å². The maximum atomic E-state index is 10.4. The molecule has 0 atom stereocenters. The predicted octanol–water partition coefficient (Wildman–Crippen LogP) is 2.70. The number of ether oxygens (including phenoxy) is 2. The highest BCUT2D eigenvalue weighted by Crippen LogP contribution is 2.01. The number of hydrogen-bond acceptors (Lipinski definition) is 4. The molecule has 0 saturated carbocycles. The van der Waals surface area contributed by atoms with Gasteiger partial charge in [0.25, 0.3) is 0 Å². The van der Waals surface area contributed by atoms with Gasteiger partial charge in [0.05, 0.1) is 12.5 Å². The van der Waals surface area contributed by atoms with Crippen LogP contribution in [0.3, 0.4) is 0 Å². The Morgan fingerprint density at radius 3 is 1.56 bits per heavy atom. The summed E-state index contributed by atoms with van der Waals surface area (Å²) in [6.45, 7) is 2.73. The third-order valence-corrected chi connectivity index (χ3v) is 1.65. The third-order valence-electron chi connectivity index (χ3n) is 1.65. The molecule has 0 N–H and O–H groups in total. The summed E-state index contributed by atoms with van der Waals surface area (Å²) in [7, 11) is 0. The van der Waals surface area contributed by atoms with E-state index in [0.717, 1.165) is 25.7 Å². The summed E-state index contributed by atoms with van der Waals surface area (Å²) in [6, 6.07) is 0. The minimum atomic E-state index is -0.305. The molecule has 0 heterocycles. The van der Waals surface area contributed by atoms with Crippen LogP contribution in [0.5, 0.6) is 0 Å². The highest BCUT2D eigenvalue weighted by atomic mass is 16.5. The minimum absolute atomic E-state index is 0.305. The van der Waals surface area contributed by atoms with Crippen molar-refractivity contribution in [3.8, 4) is 0 Å². The Labute approximate surface area is 95.9 Å². The van der Waals surface area contributed by atoms with Gasteiger partial charge >= 0.3 is 11.9 Å². The summed E-state index contributed by atoms with van der Waals surface area (Å²) in [5.41, 5.74) is 0. The zero-order valence-corrected chi connectivity index (χ0v) is 9.77. The van der Waals surface area contributed by atoms with Gasteiger partial charge in [-0.05, 0) is 37.8 Å². The van der Waals surface area contributed by atoms with Gasteiger partial charge < -0.3 is 9.47 Å². The zero-order valence-electron chi connectivity index (χ0n) is 9.77. The molecule has 0 aliphatic rings. The van der Waals surface area contributed by atoms with Crippen LogP contribution in [-0.2, 0) is 19.1 Å². The maximum Gasteiger partial charge on any atom is 0.307 e. The van der Waals surface area contributed by atoms with Crippen molar-refractivity contribution < 1.29 is 19.1 Å². The predicted molar refractivity (Wildman–Crippen MR) is 60.3 cm³/mol. The zero-order chi connectivity index (χ0) is 12.2. The molecule has 0 radical (unpaired) electrons. The lowest BCUT2D eigenvalue weighted by molar-refractivity contribution is -0.136. The molecule has 0 amide bonds. The summed E-state index contributed by atoms with van der Waals surface area (Å²) >= 11 is 0. The van der Waals surface area contributed by atoms with Gasteiger partial charge in [0.1, 0.15) is 0 Å². The van der Waals surface area contributed by atoms with Gasteiger partial charge in [0, 0.05) is 13.8 Å². The molecule has 16 heavy (non-hydrogen) atoms. The van der Waals surface area contributed by atoms with E-state index in [-0.39, 0.29) is 11.9 Å². The van der Waals surface area contributed by atoms with Crippen LogP contribution in [0, 0.1) is 0 Å². The monoisotopic (exact) mass is 226 g/mol. The molecule has 0 aliphatic heterocycles. The van der Waals surface area contributed by atoms with Crippen LogP contribution in [0.15, 0.2) is 24.7 Å². The Bertz CT molecular complexity index is 238. The second-order valence-corrected chi connectivity index (χ2v) is 3.25. The van der Waals surface area contributed by atoms with Crippen molar-refractivity contribution in [2.75, 3.05) is 0 Å². The Kier molecular flexibility index (Phi) is 8.97. The summed E-state index contributed by atoms with van der Waals surface area (Å²) in [4.78, 5) is 20.8. The molecular weight excluding hydrogens is 208 g/mol. The fourth-order valence-electron chi connectivity index (χ4n) is 0.948. The van der Waals surface area contributed by atoms with E-state index < -0.39 is 0 Å². The van der Waals surface area contributed by atoms with Crippen LogP contribution in [0.2, 0.25) is 0 Å². The molecule has 0 aromatic rings. The van der Waals surface area contributed by atoms with Crippen molar-refractivity contribution >= 4 is 11.9 Å². The van der Waals surface area contributed by atoms with Crippen molar-refractivity contribution in [2.45, 2.75) is 39.5 Å². The van der Waals surface area contributed by atoms with E-state index in [2.05, 4.69) is 9.47 Å². The first kappa shape index (κ1) is 14.4. The van der Waals surface area contributed by atoms with Crippen molar-refractivity contribution in [1.82, 2.24) is 0 Å². The fraction of sp³-hybridized carbons (Fsp3) is 0.500. The van der Waals surface area contributed by atoms with Crippen molar-refractivity contribution in [3.05, 3.63) is 24.7 Å². The highest BCUT2D eigenvalue weighted by molar-refractivity contribution is 5.66. The second kappa shape index (κ2) is 9.96. The maximum absolute atomic E-state index is 10.4. The number of unbranched alkanes of at least 4 members (excludes halogenated alkanes) is 3. The average Bonchev–Trinajstić information content (AvgIpc) is 2.20. The minimum Gasteiger partial charge on any atom is -0.435 e. The van der Waals surface area contributed by atoms with E-state index >= 15 is 0 Å². The van der Waals surface area contributed by atoms with E-state index in [4.69, 9.17) is 0 Å². The topological polar surface area (TPSA) is 52.6 Å². The molecule has 0 aliphatic carbocycles. The Morgan fingerprint density at radius 1 is 0.875 bits per heavy atom. The first-order chi connectivity index (χ1) is 7.63. The quantitative estimate of drug-likeness (QED) is 0.380. The number of hydrogen-bond donors (Lipinski definition) is 0. The van der Waals surface area contributed by atoms with E-state index in [9.17, 15) is 9.59 Å². The van der Waals surface area contributed by atoms with Crippen molar-refractivity contribution in [3.63, 3.8) is 0 Å². The molecule has 0 fully saturated rings. The van der Waals surface area contributed by atoms with Crippen molar-refractivity contribution in [1.29, 1.82) is 0 Å². The fourth-order valence-corrected chi connectivity index (χ4v) is 0.948. The van der Waals surface area contributed by atoms with Gasteiger partial charge in [-0.2, -0.15) is 0 Å². The van der Waals surface area contributed by atoms with Crippen LogP contribution >= 0.6 is 0 Å². The van der Waals surface area contributed by atoms with Gasteiger partial charge in [-0.3, -0.25) is 9.59 Å². The lowest BCUT2D eigenvalue weighted by Crippen LogP contribution is -1.89. The summed E-state index contributed by atoms with van der Waals surface area (Å²) in [6.07, 6.45) is 10.2. The largest absolute Gasteiger partial charge is 0.435 e. The number of carbonyl (C=O) groups excluding carboxylic acids is 2. The molecule has 90 valence electrons. The summed E-state index contributed by atoms with van der Waals surface area (Å²) < 4.78 is 9.24. The first-order valence-electron chi connectivity index (χ1n) is 5.27. The lowest BCUT2D eigenvalue weighted by Gasteiger charge is -1.94. The molecule has 0 unspecified atom stereocenters. The van der Waals surface area contributed by atoms with E-state index in [1.54, 1.807) is 0 Å². The summed E-state index contributed by atoms with van der Waals surface area (Å²) in [5.74, 6) is -0.610. The van der Waals surface area contributed by atoms with Crippen LogP contribution in [0.25, 0.3) is 0 Å². The van der Waals surface area contributed by atoms with Crippen LogP contribution < -0.4 is 0 Å². The number of carbonyl (C=O) groups is 2. The molecule has 0 aromatic heterocycles. The molecule has 0 aromatic carbocycles. The van der Waals surface area contributed by atoms with Crippen LogP contribution in [0.1, 0.15) is 39.5 Å². The number of rotatable bonds is 7. The third kappa shape index (κ3) is 12.4. The van der Waals surface area contributed by atoms with Gasteiger partial charge in [-0.15, -0.1) is 0 Å². The van der Waals surface area contributed by atoms with Crippen LogP contribution in [-0.4, -0.2) is 11.9 Å². The average molecular weight is 226 g/mol. The number of esters is 2. The van der Waals surface area contributed by atoms with E-state index in [1.807, 2.05) is 12.2 Å². The van der Waals surface area contributed by atoms with Gasteiger partial charge in [0.15, 0.2) is 0 Å². The Hall–Kier alpha value is -1.58. The molecule has 4 nitrogen and oxygen atoms in total. The molecule has 0 rings (SSSR count). The van der Waals surface area contributed by atoms with Gasteiger partial charge in [-0.25, -0.2) is 0 Å². The SMILES string of the molecule is CC(=O)O/C=C\CCCC/C=C\OC(C)=O. The van der Waals surface area contributed by atoms with Crippen LogP contribution in [0.4, 0.5) is 0 Å². The number of allylic oxidation sites excluding steroid dienone is 2. The van der Waals surface area contributed by atoms with E-state index in [1.165, 1.54) is 26.4 Å². The molecule has 0 bridgehead atoms. The Balaban J connectivity index is 3.27. The highest BCUT2D eigenvalue weighted by Gasteiger charge is 1.87. The van der Waals surface area contributed by atoms with Crippen molar-refractivity contribution in [2.24, 2.45) is 0 Å².